The van der Waals surface area contributed by atoms with E-state index in [4.69, 9.17) is 0 Å². The standard InChI is InChI=1S/C10H19N5O2S/c1-4-5-11-6-7-15-10(12-13-14-15)18-8(2)9(16)17-3/h8,11H,4-7H2,1-3H3. The smallest absolute Gasteiger partial charge is 0.318 e. The van der Waals surface area contributed by atoms with Crippen LogP contribution >= 0.6 is 11.8 Å². The maximum atomic E-state index is 11.3. The number of thioether (sulfide) groups is 1. The molecule has 0 bridgehead atoms. The number of tetrazole rings is 1. The van der Waals surface area contributed by atoms with Crippen molar-refractivity contribution < 1.29 is 9.53 Å². The molecule has 102 valence electrons. The van der Waals surface area contributed by atoms with E-state index in [0.717, 1.165) is 19.5 Å². The third kappa shape index (κ3) is 4.61. The van der Waals surface area contributed by atoms with Gasteiger partial charge in [0.15, 0.2) is 0 Å². The van der Waals surface area contributed by atoms with Crippen molar-refractivity contribution >= 4 is 17.7 Å². The van der Waals surface area contributed by atoms with Crippen LogP contribution in [-0.2, 0) is 16.1 Å². The normalized spacial score (nSPS) is 12.4. The molecule has 1 heterocycles. The second-order valence-electron chi connectivity index (χ2n) is 3.72. The van der Waals surface area contributed by atoms with E-state index in [0.29, 0.717) is 11.7 Å². The van der Waals surface area contributed by atoms with Gasteiger partial charge in [0.1, 0.15) is 5.25 Å². The van der Waals surface area contributed by atoms with Gasteiger partial charge in [0, 0.05) is 6.54 Å². The van der Waals surface area contributed by atoms with Crippen LogP contribution in [0, 0.1) is 0 Å². The number of esters is 1. The summed E-state index contributed by atoms with van der Waals surface area (Å²) in [5.41, 5.74) is 0. The van der Waals surface area contributed by atoms with E-state index in [9.17, 15) is 4.79 Å². The zero-order valence-corrected chi connectivity index (χ0v) is 11.7. The highest BCUT2D eigenvalue weighted by atomic mass is 32.2. The van der Waals surface area contributed by atoms with Crippen LogP contribution in [0.15, 0.2) is 5.16 Å². The molecule has 0 amide bonds. The van der Waals surface area contributed by atoms with E-state index < -0.39 is 0 Å². The molecule has 0 saturated carbocycles. The summed E-state index contributed by atoms with van der Waals surface area (Å²) in [5.74, 6) is -0.279. The number of methoxy groups -OCH3 is 1. The maximum absolute atomic E-state index is 11.3. The second-order valence-corrected chi connectivity index (χ2v) is 5.03. The summed E-state index contributed by atoms with van der Waals surface area (Å²) >= 11 is 1.30. The van der Waals surface area contributed by atoms with Gasteiger partial charge >= 0.3 is 5.97 Å². The quantitative estimate of drug-likeness (QED) is 0.415. The lowest BCUT2D eigenvalue weighted by Gasteiger charge is -2.08. The van der Waals surface area contributed by atoms with E-state index in [1.165, 1.54) is 18.9 Å². The highest BCUT2D eigenvalue weighted by Gasteiger charge is 2.18. The highest BCUT2D eigenvalue weighted by molar-refractivity contribution is 8.00. The first-order chi connectivity index (χ1) is 8.69. The van der Waals surface area contributed by atoms with E-state index in [1.54, 1.807) is 11.6 Å². The summed E-state index contributed by atoms with van der Waals surface area (Å²) in [6.45, 7) is 6.35. The molecule has 0 radical (unpaired) electrons. The zero-order valence-electron chi connectivity index (χ0n) is 10.9. The van der Waals surface area contributed by atoms with Crippen molar-refractivity contribution in [3.05, 3.63) is 0 Å². The van der Waals surface area contributed by atoms with Crippen LogP contribution < -0.4 is 5.32 Å². The number of rotatable bonds is 8. The van der Waals surface area contributed by atoms with Crippen LogP contribution in [0.5, 0.6) is 0 Å². The first kappa shape index (κ1) is 14.9. The Morgan fingerprint density at radius 2 is 2.33 bits per heavy atom. The summed E-state index contributed by atoms with van der Waals surface area (Å²) in [6.07, 6.45) is 1.09. The lowest BCUT2D eigenvalue weighted by molar-refractivity contribution is -0.139. The summed E-state index contributed by atoms with van der Waals surface area (Å²) in [7, 11) is 1.37. The molecule has 18 heavy (non-hydrogen) atoms. The van der Waals surface area contributed by atoms with E-state index in [-0.39, 0.29) is 11.2 Å². The highest BCUT2D eigenvalue weighted by Crippen LogP contribution is 2.20. The van der Waals surface area contributed by atoms with Crippen LogP contribution in [0.2, 0.25) is 0 Å². The van der Waals surface area contributed by atoms with Crippen LogP contribution in [0.25, 0.3) is 0 Å². The molecule has 1 atom stereocenters. The summed E-state index contributed by atoms with van der Waals surface area (Å²) in [4.78, 5) is 11.3. The third-order valence-electron chi connectivity index (χ3n) is 2.24. The number of carbonyl (C=O) groups excluding carboxylic acids is 1. The SMILES string of the molecule is CCCNCCn1nnnc1SC(C)C(=O)OC. The molecule has 1 rings (SSSR count). The lowest BCUT2D eigenvalue weighted by atomic mass is 10.5. The topological polar surface area (TPSA) is 81.9 Å². The molecule has 1 aromatic rings. The molecule has 0 fully saturated rings. The van der Waals surface area contributed by atoms with Crippen molar-refractivity contribution in [1.29, 1.82) is 0 Å². The van der Waals surface area contributed by atoms with Gasteiger partial charge in [0.2, 0.25) is 5.16 Å². The molecule has 1 unspecified atom stereocenters. The number of hydrogen-bond acceptors (Lipinski definition) is 7. The minimum absolute atomic E-state index is 0.279. The number of carbonyl (C=O) groups is 1. The van der Waals surface area contributed by atoms with Gasteiger partial charge in [0.05, 0.1) is 13.7 Å². The Labute approximate surface area is 111 Å². The first-order valence-electron chi connectivity index (χ1n) is 5.90. The predicted molar refractivity (Wildman–Crippen MR) is 68.3 cm³/mol. The Balaban J connectivity index is 2.46. The Morgan fingerprint density at radius 1 is 1.56 bits per heavy atom. The van der Waals surface area contributed by atoms with Gasteiger partial charge in [-0.25, -0.2) is 4.68 Å². The number of nitrogens with zero attached hydrogens (tertiary/aromatic N) is 4. The molecule has 0 saturated heterocycles. The average Bonchev–Trinajstić information content (AvgIpc) is 2.81. The van der Waals surface area contributed by atoms with Gasteiger partial charge in [0.25, 0.3) is 0 Å². The van der Waals surface area contributed by atoms with Crippen molar-refractivity contribution in [2.45, 2.75) is 37.2 Å². The number of nitrogens with one attached hydrogen (secondary N) is 1. The molecule has 7 nitrogen and oxygen atoms in total. The first-order valence-corrected chi connectivity index (χ1v) is 6.78. The largest absolute Gasteiger partial charge is 0.468 e. The molecule has 0 aliphatic heterocycles. The summed E-state index contributed by atoms with van der Waals surface area (Å²) in [5, 5.41) is 15.0. The Morgan fingerprint density at radius 3 is 3.00 bits per heavy atom. The molecule has 8 heteroatoms. The molecular formula is C10H19N5O2S. The summed E-state index contributed by atoms with van der Waals surface area (Å²) in [6, 6.07) is 0. The fourth-order valence-corrected chi connectivity index (χ4v) is 2.12. The second kappa shape index (κ2) is 8.04. The molecular weight excluding hydrogens is 254 g/mol. The number of aromatic nitrogens is 4. The van der Waals surface area contributed by atoms with Crippen molar-refractivity contribution in [2.24, 2.45) is 0 Å². The zero-order chi connectivity index (χ0) is 13.4. The summed E-state index contributed by atoms with van der Waals surface area (Å²) < 4.78 is 6.35. The minimum atomic E-state index is -0.316. The minimum Gasteiger partial charge on any atom is -0.468 e. The van der Waals surface area contributed by atoms with E-state index in [2.05, 4.69) is 32.5 Å². The Kier molecular flexibility index (Phi) is 6.66. The fraction of sp³-hybridized carbons (Fsp3) is 0.800. The van der Waals surface area contributed by atoms with Crippen molar-refractivity contribution in [3.8, 4) is 0 Å². The number of hydrogen-bond donors (Lipinski definition) is 1. The maximum Gasteiger partial charge on any atom is 0.318 e. The molecule has 0 spiro atoms. The van der Waals surface area contributed by atoms with Crippen LogP contribution in [0.3, 0.4) is 0 Å². The Hall–Kier alpha value is -1.15. The van der Waals surface area contributed by atoms with Crippen LogP contribution in [0.4, 0.5) is 0 Å². The average molecular weight is 273 g/mol. The monoisotopic (exact) mass is 273 g/mol. The third-order valence-corrected chi connectivity index (χ3v) is 3.29. The molecule has 0 aliphatic rings. The number of ether oxygens (including phenoxy) is 1. The Bertz CT molecular complexity index is 371. The lowest BCUT2D eigenvalue weighted by Crippen LogP contribution is -2.22. The van der Waals surface area contributed by atoms with Gasteiger partial charge in [-0.15, -0.1) is 5.10 Å². The molecule has 0 aromatic carbocycles. The van der Waals surface area contributed by atoms with Crippen LogP contribution in [-0.4, -0.2) is 51.6 Å². The fourth-order valence-electron chi connectivity index (χ4n) is 1.28. The van der Waals surface area contributed by atoms with Gasteiger partial charge in [-0.2, -0.15) is 0 Å². The van der Waals surface area contributed by atoms with Gasteiger partial charge in [-0.05, 0) is 30.3 Å². The molecule has 0 aliphatic carbocycles. The van der Waals surface area contributed by atoms with E-state index in [1.807, 2.05) is 0 Å². The molecule has 1 aromatic heterocycles. The van der Waals surface area contributed by atoms with Crippen molar-refractivity contribution in [1.82, 2.24) is 25.5 Å². The predicted octanol–water partition coefficient (Wildman–Crippen LogP) is 0.326. The van der Waals surface area contributed by atoms with Crippen LogP contribution in [0.1, 0.15) is 20.3 Å². The van der Waals surface area contributed by atoms with Crippen molar-refractivity contribution in [3.63, 3.8) is 0 Å². The van der Waals surface area contributed by atoms with Gasteiger partial charge in [-0.3, -0.25) is 4.79 Å². The van der Waals surface area contributed by atoms with Gasteiger partial charge < -0.3 is 10.1 Å². The van der Waals surface area contributed by atoms with Crippen molar-refractivity contribution in [2.75, 3.05) is 20.2 Å². The van der Waals surface area contributed by atoms with Gasteiger partial charge in [-0.1, -0.05) is 18.7 Å². The van der Waals surface area contributed by atoms with E-state index >= 15 is 0 Å². The molecule has 1 N–H and O–H groups in total.